The quantitative estimate of drug-likeness (QED) is 0.900. The molecule has 1 fully saturated rings. The lowest BCUT2D eigenvalue weighted by molar-refractivity contribution is -0.138. The summed E-state index contributed by atoms with van der Waals surface area (Å²) >= 11 is 0. The molecule has 2 rings (SSSR count). The zero-order valence-electron chi connectivity index (χ0n) is 10.5. The van der Waals surface area contributed by atoms with E-state index in [9.17, 15) is 13.2 Å². The predicted molar refractivity (Wildman–Crippen MR) is 67.0 cm³/mol. The molecule has 0 aliphatic carbocycles. The Labute approximate surface area is 110 Å². The average molecular weight is 274 g/mol. The molecule has 2 N–H and O–H groups in total. The number of alkyl halides is 3. The van der Waals surface area contributed by atoms with E-state index in [-0.39, 0.29) is 12.1 Å². The van der Waals surface area contributed by atoms with E-state index < -0.39 is 11.7 Å². The summed E-state index contributed by atoms with van der Waals surface area (Å²) in [6.45, 7) is 2.40. The minimum Gasteiger partial charge on any atom is -0.380 e. The minimum atomic E-state index is -4.37. The van der Waals surface area contributed by atoms with Crippen molar-refractivity contribution in [3.05, 3.63) is 29.3 Å². The van der Waals surface area contributed by atoms with Crippen LogP contribution in [0.15, 0.2) is 18.2 Å². The van der Waals surface area contributed by atoms with Gasteiger partial charge in [0.1, 0.15) is 0 Å². The number of rotatable bonds is 2. The maximum Gasteiger partial charge on any atom is 0.416 e. The summed E-state index contributed by atoms with van der Waals surface area (Å²) in [5.74, 6) is 0. The summed E-state index contributed by atoms with van der Waals surface area (Å²) in [6, 6.07) is 4.35. The van der Waals surface area contributed by atoms with Crippen LogP contribution in [0.4, 0.5) is 18.9 Å². The molecule has 1 aliphatic heterocycles. The van der Waals surface area contributed by atoms with Gasteiger partial charge >= 0.3 is 6.18 Å². The van der Waals surface area contributed by atoms with E-state index in [1.807, 2.05) is 4.90 Å². The highest BCUT2D eigenvalue weighted by atomic mass is 19.4. The molecule has 106 valence electrons. The molecule has 0 bridgehead atoms. The van der Waals surface area contributed by atoms with Crippen LogP contribution < -0.4 is 10.6 Å². The first-order valence-corrected chi connectivity index (χ1v) is 6.25. The number of anilines is 1. The number of hydrogen-bond donors (Lipinski definition) is 1. The van der Waals surface area contributed by atoms with Crippen LogP contribution in [0.3, 0.4) is 0 Å². The number of nitrogens with two attached hydrogens (primary N) is 1. The van der Waals surface area contributed by atoms with E-state index in [1.165, 1.54) is 12.1 Å². The number of halogens is 3. The monoisotopic (exact) mass is 274 g/mol. The van der Waals surface area contributed by atoms with Gasteiger partial charge in [0.25, 0.3) is 0 Å². The van der Waals surface area contributed by atoms with Crippen molar-refractivity contribution in [3.63, 3.8) is 0 Å². The Morgan fingerprint density at radius 3 is 2.68 bits per heavy atom. The summed E-state index contributed by atoms with van der Waals surface area (Å²) < 4.78 is 44.2. The van der Waals surface area contributed by atoms with Crippen molar-refractivity contribution in [2.75, 3.05) is 31.2 Å². The number of ether oxygens (including phenoxy) is 1. The van der Waals surface area contributed by atoms with Crippen LogP contribution >= 0.6 is 0 Å². The van der Waals surface area contributed by atoms with Gasteiger partial charge in [0.15, 0.2) is 0 Å². The van der Waals surface area contributed by atoms with Crippen molar-refractivity contribution in [1.82, 2.24) is 0 Å². The predicted octanol–water partition coefficient (Wildman–Crippen LogP) is 2.39. The summed E-state index contributed by atoms with van der Waals surface area (Å²) in [4.78, 5) is 1.92. The van der Waals surface area contributed by atoms with E-state index in [0.717, 1.165) is 6.42 Å². The average Bonchev–Trinajstić information content (AvgIpc) is 2.66. The van der Waals surface area contributed by atoms with Crippen molar-refractivity contribution in [3.8, 4) is 0 Å². The molecule has 0 aromatic heterocycles. The van der Waals surface area contributed by atoms with Crippen molar-refractivity contribution in [2.24, 2.45) is 5.73 Å². The largest absolute Gasteiger partial charge is 0.416 e. The molecule has 1 saturated heterocycles. The minimum absolute atomic E-state index is 0.113. The Morgan fingerprint density at radius 1 is 1.21 bits per heavy atom. The van der Waals surface area contributed by atoms with Gasteiger partial charge in [0.05, 0.1) is 12.2 Å². The Morgan fingerprint density at radius 2 is 2.00 bits per heavy atom. The number of nitrogens with zero attached hydrogens (tertiary/aromatic N) is 1. The van der Waals surface area contributed by atoms with Gasteiger partial charge in [-0.25, -0.2) is 0 Å². The standard InChI is InChI=1S/C13H17F3N2O/c14-13(15,16)12-8-11(3-2-10(12)9-17)18-4-1-6-19-7-5-18/h2-3,8H,1,4-7,9,17H2. The first-order valence-electron chi connectivity index (χ1n) is 6.25. The van der Waals surface area contributed by atoms with Gasteiger partial charge in [-0.05, 0) is 24.1 Å². The summed E-state index contributed by atoms with van der Waals surface area (Å²) in [6.07, 6.45) is -3.55. The molecule has 1 aliphatic rings. The molecule has 0 saturated carbocycles. The highest BCUT2D eigenvalue weighted by molar-refractivity contribution is 5.52. The van der Waals surface area contributed by atoms with Gasteiger partial charge in [-0.2, -0.15) is 13.2 Å². The first-order chi connectivity index (χ1) is 9.02. The summed E-state index contributed by atoms with van der Waals surface area (Å²) in [7, 11) is 0. The Hall–Kier alpha value is -1.27. The molecule has 0 radical (unpaired) electrons. The van der Waals surface area contributed by atoms with Gasteiger partial charge < -0.3 is 15.4 Å². The van der Waals surface area contributed by atoms with Crippen molar-refractivity contribution < 1.29 is 17.9 Å². The lowest BCUT2D eigenvalue weighted by Crippen LogP contribution is -2.26. The topological polar surface area (TPSA) is 38.5 Å². The highest BCUT2D eigenvalue weighted by Crippen LogP contribution is 2.34. The third-order valence-corrected chi connectivity index (χ3v) is 3.21. The Bertz CT molecular complexity index is 426. The highest BCUT2D eigenvalue weighted by Gasteiger charge is 2.33. The molecule has 19 heavy (non-hydrogen) atoms. The van der Waals surface area contributed by atoms with Gasteiger partial charge in [-0.15, -0.1) is 0 Å². The van der Waals surface area contributed by atoms with Crippen LogP contribution in [0.25, 0.3) is 0 Å². The Balaban J connectivity index is 2.31. The SMILES string of the molecule is NCc1ccc(N2CCCOCC2)cc1C(F)(F)F. The van der Waals surface area contributed by atoms with E-state index in [4.69, 9.17) is 10.5 Å². The van der Waals surface area contributed by atoms with Crippen molar-refractivity contribution >= 4 is 5.69 Å². The fourth-order valence-corrected chi connectivity index (χ4v) is 2.21. The molecular weight excluding hydrogens is 257 g/mol. The fraction of sp³-hybridized carbons (Fsp3) is 0.538. The van der Waals surface area contributed by atoms with Crippen LogP contribution in [0, 0.1) is 0 Å². The van der Waals surface area contributed by atoms with Gasteiger partial charge in [0.2, 0.25) is 0 Å². The van der Waals surface area contributed by atoms with Crippen molar-refractivity contribution in [2.45, 2.75) is 19.1 Å². The van der Waals surface area contributed by atoms with E-state index in [1.54, 1.807) is 6.07 Å². The van der Waals surface area contributed by atoms with Crippen LogP contribution in [-0.2, 0) is 17.5 Å². The van der Waals surface area contributed by atoms with E-state index >= 15 is 0 Å². The second kappa shape index (κ2) is 5.79. The second-order valence-corrected chi connectivity index (χ2v) is 4.50. The van der Waals surface area contributed by atoms with Crippen molar-refractivity contribution in [1.29, 1.82) is 0 Å². The summed E-state index contributed by atoms with van der Waals surface area (Å²) in [5.41, 5.74) is 5.43. The number of benzene rings is 1. The third kappa shape index (κ3) is 3.39. The maximum atomic E-state index is 13.0. The fourth-order valence-electron chi connectivity index (χ4n) is 2.21. The normalized spacial score (nSPS) is 17.4. The third-order valence-electron chi connectivity index (χ3n) is 3.21. The first kappa shape index (κ1) is 14.1. The van der Waals surface area contributed by atoms with E-state index in [0.29, 0.717) is 32.0 Å². The van der Waals surface area contributed by atoms with Gasteiger partial charge in [-0.1, -0.05) is 6.07 Å². The maximum absolute atomic E-state index is 13.0. The lowest BCUT2D eigenvalue weighted by atomic mass is 10.1. The summed E-state index contributed by atoms with van der Waals surface area (Å²) in [5, 5.41) is 0. The lowest BCUT2D eigenvalue weighted by Gasteiger charge is -2.24. The molecule has 0 spiro atoms. The van der Waals surface area contributed by atoms with Crippen LogP contribution in [-0.4, -0.2) is 26.3 Å². The Kier molecular flexibility index (Phi) is 4.31. The smallest absolute Gasteiger partial charge is 0.380 e. The zero-order chi connectivity index (χ0) is 13.9. The zero-order valence-corrected chi connectivity index (χ0v) is 10.5. The molecular formula is C13H17F3N2O. The molecule has 1 aromatic rings. The molecule has 0 amide bonds. The molecule has 6 heteroatoms. The van der Waals surface area contributed by atoms with Crippen LogP contribution in [0.5, 0.6) is 0 Å². The molecule has 0 unspecified atom stereocenters. The van der Waals surface area contributed by atoms with Gasteiger partial charge in [0, 0.05) is 31.9 Å². The van der Waals surface area contributed by atoms with Gasteiger partial charge in [-0.3, -0.25) is 0 Å². The van der Waals surface area contributed by atoms with Crippen LogP contribution in [0.2, 0.25) is 0 Å². The van der Waals surface area contributed by atoms with E-state index in [2.05, 4.69) is 0 Å². The number of hydrogen-bond acceptors (Lipinski definition) is 3. The molecule has 0 atom stereocenters. The molecule has 3 nitrogen and oxygen atoms in total. The van der Waals surface area contributed by atoms with Crippen LogP contribution in [0.1, 0.15) is 17.5 Å². The molecule has 1 aromatic carbocycles. The molecule has 1 heterocycles. The second-order valence-electron chi connectivity index (χ2n) is 4.50.